The molecule has 32 heavy (non-hydrogen) atoms. The van der Waals surface area contributed by atoms with E-state index < -0.39 is 17.8 Å². The molecular formula is C22H22F3N5O2. The molecule has 1 fully saturated rings. The fourth-order valence-electron chi connectivity index (χ4n) is 3.59. The number of aryl methyl sites for hydroxylation is 1. The van der Waals surface area contributed by atoms with Crippen LogP contribution < -0.4 is 10.2 Å². The van der Waals surface area contributed by atoms with Crippen molar-refractivity contribution in [3.05, 3.63) is 66.2 Å². The standard InChI is InChI=1S/C22H22F3N5O2/c1-15-13-30(14-26-15)19-11-16(22(23,24)25)10-17(12-19)27-21(32)29-8-6-28(7-9-29)18-2-4-20(31)5-3-18/h2-5,10-14,31H,6-9H2,1H3,(H,27,32). The van der Waals surface area contributed by atoms with Gasteiger partial charge >= 0.3 is 12.2 Å². The third kappa shape index (κ3) is 4.79. The van der Waals surface area contributed by atoms with Crippen molar-refractivity contribution in [1.29, 1.82) is 0 Å². The molecule has 2 heterocycles. The summed E-state index contributed by atoms with van der Waals surface area (Å²) in [7, 11) is 0. The number of hydrogen-bond acceptors (Lipinski definition) is 4. The molecule has 1 aromatic heterocycles. The highest BCUT2D eigenvalue weighted by atomic mass is 19.4. The van der Waals surface area contributed by atoms with Gasteiger partial charge in [0.05, 0.1) is 17.6 Å². The second-order valence-corrected chi connectivity index (χ2v) is 7.61. The van der Waals surface area contributed by atoms with E-state index in [-0.39, 0.29) is 17.1 Å². The zero-order chi connectivity index (χ0) is 22.9. The third-order valence-corrected chi connectivity index (χ3v) is 5.29. The fourth-order valence-corrected chi connectivity index (χ4v) is 3.59. The van der Waals surface area contributed by atoms with Gasteiger partial charge in [-0.15, -0.1) is 0 Å². The molecule has 1 aliphatic heterocycles. The Labute approximate surface area is 182 Å². The summed E-state index contributed by atoms with van der Waals surface area (Å²) in [5.41, 5.74) is 1.06. The van der Waals surface area contributed by atoms with E-state index in [1.165, 1.54) is 17.0 Å². The number of halogens is 3. The lowest BCUT2D eigenvalue weighted by Crippen LogP contribution is -2.50. The van der Waals surface area contributed by atoms with Crippen LogP contribution in [0.15, 0.2) is 55.0 Å². The van der Waals surface area contributed by atoms with E-state index >= 15 is 0 Å². The van der Waals surface area contributed by atoms with E-state index in [1.54, 1.807) is 42.3 Å². The summed E-state index contributed by atoms with van der Waals surface area (Å²) in [4.78, 5) is 20.4. The molecule has 3 aromatic rings. The monoisotopic (exact) mass is 445 g/mol. The van der Waals surface area contributed by atoms with Crippen LogP contribution in [-0.2, 0) is 6.18 Å². The molecule has 0 saturated carbocycles. The van der Waals surface area contributed by atoms with Gasteiger partial charge in [-0.05, 0) is 49.4 Å². The predicted molar refractivity (Wildman–Crippen MR) is 114 cm³/mol. The number of rotatable bonds is 3. The lowest BCUT2D eigenvalue weighted by Gasteiger charge is -2.36. The molecule has 7 nitrogen and oxygen atoms in total. The van der Waals surface area contributed by atoms with Crippen molar-refractivity contribution in [2.24, 2.45) is 0 Å². The van der Waals surface area contributed by atoms with Gasteiger partial charge in [0.1, 0.15) is 5.75 Å². The summed E-state index contributed by atoms with van der Waals surface area (Å²) in [5.74, 6) is 0.179. The number of carbonyl (C=O) groups is 1. The van der Waals surface area contributed by atoms with Crippen LogP contribution >= 0.6 is 0 Å². The van der Waals surface area contributed by atoms with E-state index in [1.807, 2.05) is 0 Å². The van der Waals surface area contributed by atoms with E-state index in [2.05, 4.69) is 15.2 Å². The summed E-state index contributed by atoms with van der Waals surface area (Å²) in [5, 5.41) is 12.0. The lowest BCUT2D eigenvalue weighted by molar-refractivity contribution is -0.137. The number of anilines is 2. The summed E-state index contributed by atoms with van der Waals surface area (Å²) in [6, 6.07) is 9.78. The SMILES string of the molecule is Cc1cn(-c2cc(NC(=O)N3CCN(c4ccc(O)cc4)CC3)cc(C(F)(F)F)c2)cn1. The molecule has 168 valence electrons. The topological polar surface area (TPSA) is 73.6 Å². The predicted octanol–water partition coefficient (Wildman–Crippen LogP) is 4.26. The summed E-state index contributed by atoms with van der Waals surface area (Å²) in [6.07, 6.45) is -1.51. The number of aromatic nitrogens is 2. The first kappa shape index (κ1) is 21.5. The van der Waals surface area contributed by atoms with Crippen molar-refractivity contribution in [1.82, 2.24) is 14.5 Å². The smallest absolute Gasteiger partial charge is 0.416 e. The van der Waals surface area contributed by atoms with Gasteiger partial charge in [-0.3, -0.25) is 0 Å². The summed E-state index contributed by atoms with van der Waals surface area (Å²) >= 11 is 0. The Morgan fingerprint density at radius 3 is 2.31 bits per heavy atom. The highest BCUT2D eigenvalue weighted by Gasteiger charge is 2.32. The van der Waals surface area contributed by atoms with Crippen LogP contribution in [0.5, 0.6) is 5.75 Å². The third-order valence-electron chi connectivity index (χ3n) is 5.29. The number of carbonyl (C=O) groups excluding carboxylic acids is 1. The Kier molecular flexibility index (Phi) is 5.68. The average Bonchev–Trinajstić information content (AvgIpc) is 3.20. The van der Waals surface area contributed by atoms with Gasteiger partial charge in [-0.1, -0.05) is 0 Å². The van der Waals surface area contributed by atoms with E-state index in [4.69, 9.17) is 0 Å². The van der Waals surface area contributed by atoms with Crippen LogP contribution in [-0.4, -0.2) is 51.8 Å². The van der Waals surface area contributed by atoms with Crippen molar-refractivity contribution in [3.63, 3.8) is 0 Å². The maximum absolute atomic E-state index is 13.4. The van der Waals surface area contributed by atoms with Gasteiger partial charge in [0.2, 0.25) is 0 Å². The molecule has 0 spiro atoms. The molecule has 1 aliphatic rings. The number of nitrogens with zero attached hydrogens (tertiary/aromatic N) is 4. The van der Waals surface area contributed by atoms with Crippen LogP contribution in [0.4, 0.5) is 29.3 Å². The number of nitrogens with one attached hydrogen (secondary N) is 1. The minimum absolute atomic E-state index is 0.0622. The second-order valence-electron chi connectivity index (χ2n) is 7.61. The van der Waals surface area contributed by atoms with Crippen molar-refractivity contribution in [3.8, 4) is 11.4 Å². The summed E-state index contributed by atoms with van der Waals surface area (Å²) in [6.45, 7) is 3.71. The van der Waals surface area contributed by atoms with Crippen LogP contribution in [0.2, 0.25) is 0 Å². The number of phenols is 1. The Bertz CT molecular complexity index is 1100. The van der Waals surface area contributed by atoms with Crippen LogP contribution in [0.25, 0.3) is 5.69 Å². The highest BCUT2D eigenvalue weighted by Crippen LogP contribution is 2.33. The Morgan fingerprint density at radius 1 is 1.03 bits per heavy atom. The normalized spacial score (nSPS) is 14.5. The molecule has 4 rings (SSSR count). The number of benzene rings is 2. The first-order valence-corrected chi connectivity index (χ1v) is 10.0. The second kappa shape index (κ2) is 8.45. The van der Waals surface area contributed by atoms with E-state index in [9.17, 15) is 23.1 Å². The minimum atomic E-state index is -4.55. The number of amides is 2. The fraction of sp³-hybridized carbons (Fsp3) is 0.273. The largest absolute Gasteiger partial charge is 0.508 e. The maximum atomic E-state index is 13.4. The first-order chi connectivity index (χ1) is 15.2. The molecule has 2 amide bonds. The molecule has 0 radical (unpaired) electrons. The Hall–Kier alpha value is -3.69. The summed E-state index contributed by atoms with van der Waals surface area (Å²) < 4.78 is 41.7. The molecule has 0 unspecified atom stereocenters. The molecule has 0 bridgehead atoms. The van der Waals surface area contributed by atoms with Crippen molar-refractivity contribution < 1.29 is 23.1 Å². The number of imidazole rings is 1. The number of aromatic hydroxyl groups is 1. The molecule has 0 aliphatic carbocycles. The van der Waals surface area contributed by atoms with E-state index in [0.717, 1.165) is 17.8 Å². The number of hydrogen-bond donors (Lipinski definition) is 2. The van der Waals surface area contributed by atoms with Crippen LogP contribution in [0.3, 0.4) is 0 Å². The molecule has 2 N–H and O–H groups in total. The number of alkyl halides is 3. The number of urea groups is 1. The average molecular weight is 445 g/mol. The zero-order valence-electron chi connectivity index (χ0n) is 17.3. The molecule has 1 saturated heterocycles. The van der Waals surface area contributed by atoms with Gasteiger partial charge < -0.3 is 24.8 Å². The molecule has 10 heteroatoms. The molecule has 2 aromatic carbocycles. The maximum Gasteiger partial charge on any atom is 0.416 e. The molecule has 0 atom stereocenters. The van der Waals surface area contributed by atoms with Gasteiger partial charge in [0.25, 0.3) is 0 Å². The van der Waals surface area contributed by atoms with Gasteiger partial charge in [-0.2, -0.15) is 13.2 Å². The number of phenolic OH excluding ortho intramolecular Hbond substituents is 1. The quantitative estimate of drug-likeness (QED) is 0.632. The molecular weight excluding hydrogens is 423 g/mol. The van der Waals surface area contributed by atoms with Crippen molar-refractivity contribution >= 4 is 17.4 Å². The Morgan fingerprint density at radius 2 is 1.72 bits per heavy atom. The Balaban J connectivity index is 1.47. The van der Waals surface area contributed by atoms with Gasteiger partial charge in [-0.25, -0.2) is 9.78 Å². The van der Waals surface area contributed by atoms with Crippen LogP contribution in [0.1, 0.15) is 11.3 Å². The zero-order valence-corrected chi connectivity index (χ0v) is 17.3. The number of piperazine rings is 1. The highest BCUT2D eigenvalue weighted by molar-refractivity contribution is 5.90. The van der Waals surface area contributed by atoms with Crippen molar-refractivity contribution in [2.45, 2.75) is 13.1 Å². The first-order valence-electron chi connectivity index (χ1n) is 10.0. The van der Waals surface area contributed by atoms with Gasteiger partial charge in [0.15, 0.2) is 0 Å². The van der Waals surface area contributed by atoms with E-state index in [0.29, 0.717) is 31.9 Å². The van der Waals surface area contributed by atoms with Crippen molar-refractivity contribution in [2.75, 3.05) is 36.4 Å². The lowest BCUT2D eigenvalue weighted by atomic mass is 10.1. The minimum Gasteiger partial charge on any atom is -0.508 e. The van der Waals surface area contributed by atoms with Gasteiger partial charge in [0, 0.05) is 49.4 Å². The van der Waals surface area contributed by atoms with Crippen LogP contribution in [0, 0.1) is 6.92 Å².